The van der Waals surface area contributed by atoms with Gasteiger partial charge in [0.05, 0.1) is 19.6 Å². The molecule has 21 heavy (non-hydrogen) atoms. The predicted octanol–water partition coefficient (Wildman–Crippen LogP) is 3.88. The molecule has 0 heterocycles. The zero-order valence-electron chi connectivity index (χ0n) is 12.1. The normalized spacial score (nSPS) is 11.8. The number of methoxy groups -OCH3 is 1. The molecule has 1 N–H and O–H groups in total. The molecule has 0 aromatic heterocycles. The Morgan fingerprint density at radius 2 is 2.00 bits per heavy atom. The number of carbonyl (C=O) groups excluding carboxylic acids is 1. The predicted molar refractivity (Wildman–Crippen MR) is 87.4 cm³/mol. The average molecular weight is 348 g/mol. The lowest BCUT2D eigenvalue weighted by atomic mass is 10.1. The van der Waals surface area contributed by atoms with Gasteiger partial charge in [0.25, 0.3) is 0 Å². The van der Waals surface area contributed by atoms with Gasteiger partial charge in [0.1, 0.15) is 5.75 Å². The summed E-state index contributed by atoms with van der Waals surface area (Å²) in [6.45, 7) is 1.96. The van der Waals surface area contributed by atoms with E-state index in [0.29, 0.717) is 6.42 Å². The molecule has 4 heteroatoms. The molecule has 0 unspecified atom stereocenters. The van der Waals surface area contributed by atoms with Crippen molar-refractivity contribution in [2.45, 2.75) is 19.4 Å². The number of carbonyl (C=O) groups is 1. The molecule has 0 aliphatic heterocycles. The summed E-state index contributed by atoms with van der Waals surface area (Å²) in [7, 11) is 1.63. The molecule has 1 amide bonds. The van der Waals surface area contributed by atoms with Crippen LogP contribution in [0.4, 0.5) is 0 Å². The van der Waals surface area contributed by atoms with Crippen LogP contribution in [0.1, 0.15) is 24.1 Å². The standard InChI is InChI=1S/C17H18BrNO2/c1-12(15-8-3-4-9-16(15)21-2)19-17(20)11-13-6-5-7-14(18)10-13/h3-10,12H,11H2,1-2H3,(H,19,20)/t12-/m0/s1. The Balaban J connectivity index is 2.02. The van der Waals surface area contributed by atoms with E-state index in [0.717, 1.165) is 21.3 Å². The van der Waals surface area contributed by atoms with Crippen molar-refractivity contribution in [2.75, 3.05) is 7.11 Å². The van der Waals surface area contributed by atoms with Crippen LogP contribution in [0.5, 0.6) is 5.75 Å². The van der Waals surface area contributed by atoms with E-state index in [1.165, 1.54) is 0 Å². The molecule has 0 saturated carbocycles. The highest BCUT2D eigenvalue weighted by Crippen LogP contribution is 2.24. The van der Waals surface area contributed by atoms with Gasteiger partial charge in [-0.05, 0) is 30.7 Å². The van der Waals surface area contributed by atoms with E-state index < -0.39 is 0 Å². The SMILES string of the molecule is COc1ccccc1[C@H](C)NC(=O)Cc1cccc(Br)c1. The zero-order chi connectivity index (χ0) is 15.2. The van der Waals surface area contributed by atoms with Gasteiger partial charge < -0.3 is 10.1 Å². The first kappa shape index (κ1) is 15.6. The zero-order valence-corrected chi connectivity index (χ0v) is 13.7. The number of hydrogen-bond donors (Lipinski definition) is 1. The Kier molecular flexibility index (Phi) is 5.39. The molecule has 0 radical (unpaired) electrons. The number of nitrogens with one attached hydrogen (secondary N) is 1. The fraction of sp³-hybridized carbons (Fsp3) is 0.235. The minimum atomic E-state index is -0.0965. The van der Waals surface area contributed by atoms with E-state index in [1.54, 1.807) is 7.11 Å². The summed E-state index contributed by atoms with van der Waals surface area (Å²) in [6.07, 6.45) is 0.360. The lowest BCUT2D eigenvalue weighted by Crippen LogP contribution is -2.28. The smallest absolute Gasteiger partial charge is 0.224 e. The van der Waals surface area contributed by atoms with Crippen molar-refractivity contribution in [3.8, 4) is 5.75 Å². The number of hydrogen-bond acceptors (Lipinski definition) is 2. The number of rotatable bonds is 5. The van der Waals surface area contributed by atoms with Crippen molar-refractivity contribution in [3.63, 3.8) is 0 Å². The number of ether oxygens (including phenoxy) is 1. The summed E-state index contributed by atoms with van der Waals surface area (Å²) in [6, 6.07) is 15.4. The number of halogens is 1. The van der Waals surface area contributed by atoms with Crippen molar-refractivity contribution in [2.24, 2.45) is 0 Å². The Hall–Kier alpha value is -1.81. The molecule has 0 fully saturated rings. The van der Waals surface area contributed by atoms with E-state index in [9.17, 15) is 4.79 Å². The van der Waals surface area contributed by atoms with E-state index >= 15 is 0 Å². The van der Waals surface area contributed by atoms with E-state index in [4.69, 9.17) is 4.74 Å². The molecule has 1 atom stereocenters. The Bertz CT molecular complexity index is 628. The fourth-order valence-electron chi connectivity index (χ4n) is 2.23. The quantitative estimate of drug-likeness (QED) is 0.891. The summed E-state index contributed by atoms with van der Waals surface area (Å²) in [4.78, 5) is 12.1. The van der Waals surface area contributed by atoms with Crippen molar-refractivity contribution < 1.29 is 9.53 Å². The Labute approximate surface area is 133 Å². The molecule has 2 rings (SSSR count). The molecule has 110 valence electrons. The molecule has 0 spiro atoms. The largest absolute Gasteiger partial charge is 0.496 e. The molecule has 0 saturated heterocycles. The second kappa shape index (κ2) is 7.27. The third kappa shape index (κ3) is 4.33. The highest BCUT2D eigenvalue weighted by Gasteiger charge is 2.13. The minimum Gasteiger partial charge on any atom is -0.496 e. The molecule has 0 aliphatic carbocycles. The molecular weight excluding hydrogens is 330 g/mol. The van der Waals surface area contributed by atoms with Crippen LogP contribution >= 0.6 is 15.9 Å². The maximum Gasteiger partial charge on any atom is 0.224 e. The molecule has 3 nitrogen and oxygen atoms in total. The first-order chi connectivity index (χ1) is 10.1. The molecule has 2 aromatic rings. The second-order valence-electron chi connectivity index (χ2n) is 4.84. The maximum atomic E-state index is 12.1. The van der Waals surface area contributed by atoms with E-state index in [1.807, 2.05) is 55.5 Å². The lowest BCUT2D eigenvalue weighted by Gasteiger charge is -2.17. The Morgan fingerprint density at radius 3 is 2.71 bits per heavy atom. The second-order valence-corrected chi connectivity index (χ2v) is 5.75. The van der Waals surface area contributed by atoms with Crippen molar-refractivity contribution >= 4 is 21.8 Å². The van der Waals surface area contributed by atoms with Gasteiger partial charge >= 0.3 is 0 Å². The third-order valence-corrected chi connectivity index (χ3v) is 3.73. The van der Waals surface area contributed by atoms with Crippen molar-refractivity contribution in [1.29, 1.82) is 0 Å². The van der Waals surface area contributed by atoms with Gasteiger partial charge in [-0.3, -0.25) is 4.79 Å². The summed E-state index contributed by atoms with van der Waals surface area (Å²) >= 11 is 3.41. The first-order valence-electron chi connectivity index (χ1n) is 6.77. The average Bonchev–Trinajstić information content (AvgIpc) is 2.47. The van der Waals surface area contributed by atoms with Crippen LogP contribution in [0.15, 0.2) is 53.0 Å². The van der Waals surface area contributed by atoms with Crippen molar-refractivity contribution in [1.82, 2.24) is 5.32 Å². The molecule has 0 aliphatic rings. The van der Waals surface area contributed by atoms with Gasteiger partial charge in [-0.25, -0.2) is 0 Å². The van der Waals surface area contributed by atoms with Crippen LogP contribution in [0.2, 0.25) is 0 Å². The molecular formula is C17H18BrNO2. The van der Waals surface area contributed by atoms with Crippen LogP contribution in [0, 0.1) is 0 Å². The third-order valence-electron chi connectivity index (χ3n) is 3.24. The van der Waals surface area contributed by atoms with Gasteiger partial charge in [-0.2, -0.15) is 0 Å². The highest BCUT2D eigenvalue weighted by molar-refractivity contribution is 9.10. The topological polar surface area (TPSA) is 38.3 Å². The summed E-state index contributed by atoms with van der Waals surface area (Å²) in [5.74, 6) is 0.777. The summed E-state index contributed by atoms with van der Waals surface area (Å²) < 4.78 is 6.30. The Morgan fingerprint density at radius 1 is 1.24 bits per heavy atom. The number of benzene rings is 2. The van der Waals surface area contributed by atoms with Gasteiger partial charge in [0, 0.05) is 10.0 Å². The van der Waals surface area contributed by atoms with Gasteiger partial charge in [-0.15, -0.1) is 0 Å². The monoisotopic (exact) mass is 347 g/mol. The van der Waals surface area contributed by atoms with E-state index in [-0.39, 0.29) is 11.9 Å². The van der Waals surface area contributed by atoms with Gasteiger partial charge in [0.2, 0.25) is 5.91 Å². The maximum absolute atomic E-state index is 12.1. The minimum absolute atomic E-state index is 0.00786. The van der Waals surface area contributed by atoms with Crippen LogP contribution in [-0.4, -0.2) is 13.0 Å². The lowest BCUT2D eigenvalue weighted by molar-refractivity contribution is -0.121. The van der Waals surface area contributed by atoms with Gasteiger partial charge in [-0.1, -0.05) is 46.3 Å². The van der Waals surface area contributed by atoms with Crippen LogP contribution < -0.4 is 10.1 Å². The highest BCUT2D eigenvalue weighted by atomic mass is 79.9. The van der Waals surface area contributed by atoms with Crippen molar-refractivity contribution in [3.05, 3.63) is 64.1 Å². The van der Waals surface area contributed by atoms with Gasteiger partial charge in [0.15, 0.2) is 0 Å². The summed E-state index contributed by atoms with van der Waals surface area (Å²) in [5, 5.41) is 3.00. The van der Waals surface area contributed by atoms with E-state index in [2.05, 4.69) is 21.2 Å². The molecule has 0 bridgehead atoms. The first-order valence-corrected chi connectivity index (χ1v) is 7.56. The summed E-state index contributed by atoms with van der Waals surface area (Å²) in [5.41, 5.74) is 1.96. The van der Waals surface area contributed by atoms with Crippen LogP contribution in [-0.2, 0) is 11.2 Å². The molecule has 2 aromatic carbocycles. The number of para-hydroxylation sites is 1. The van der Waals surface area contributed by atoms with Crippen LogP contribution in [0.3, 0.4) is 0 Å². The number of amides is 1. The van der Waals surface area contributed by atoms with Crippen LogP contribution in [0.25, 0.3) is 0 Å². The fourth-order valence-corrected chi connectivity index (χ4v) is 2.67.